The molecule has 1 aliphatic heterocycles. The molecule has 6 aromatic rings. The van der Waals surface area contributed by atoms with E-state index in [1.807, 2.05) is 59.2 Å². The van der Waals surface area contributed by atoms with E-state index in [-0.39, 0.29) is 11.0 Å². The van der Waals surface area contributed by atoms with Gasteiger partial charge in [-0.15, -0.1) is 0 Å². The Balaban J connectivity index is 1.70. The molecule has 3 aromatic heterocycles. The minimum Gasteiger partial charge on any atom is -0.283 e. The average Bonchev–Trinajstić information content (AvgIpc) is 3.10. The van der Waals surface area contributed by atoms with Crippen LogP contribution in [0.25, 0.3) is 43.3 Å². The summed E-state index contributed by atoms with van der Waals surface area (Å²) in [7, 11) is 0. The summed E-state index contributed by atoms with van der Waals surface area (Å²) in [6.45, 7) is 0. The maximum atomic E-state index is 9.22. The zero-order valence-electron chi connectivity index (χ0n) is 16.8. The largest absolute Gasteiger partial charge is 0.283 e. The molecule has 0 aliphatic carbocycles. The molecule has 0 radical (unpaired) electrons. The van der Waals surface area contributed by atoms with E-state index in [2.05, 4.69) is 12.1 Å². The van der Waals surface area contributed by atoms with E-state index in [1.165, 1.54) is 11.3 Å². The number of thiazole rings is 1. The van der Waals surface area contributed by atoms with Crippen molar-refractivity contribution in [3.63, 3.8) is 0 Å². The van der Waals surface area contributed by atoms with Gasteiger partial charge < -0.3 is 0 Å². The van der Waals surface area contributed by atoms with Gasteiger partial charge in [-0.1, -0.05) is 65.0 Å². The van der Waals surface area contributed by atoms with Gasteiger partial charge in [-0.05, 0) is 36.4 Å². The van der Waals surface area contributed by atoms with Gasteiger partial charge in [-0.2, -0.15) is 4.98 Å². The summed E-state index contributed by atoms with van der Waals surface area (Å²) in [5, 5.41) is 19.3. The van der Waals surface area contributed by atoms with Gasteiger partial charge in [0, 0.05) is 20.4 Å². The summed E-state index contributed by atoms with van der Waals surface area (Å²) in [6, 6.07) is 21.7. The van der Waals surface area contributed by atoms with Crippen LogP contribution in [0.5, 0.6) is 0 Å². The molecule has 158 valence electrons. The standard InChI is InChI=1S/C24H13ClN6S2/c25-12-9-10-15-18(11-12)33-24-29-22-19(21(27)31(15)24)20(26)30-14-6-2-4-8-17(14)32-16-7-3-1-5-13(16)23(30)28-22/h1-11,26-27H. The number of rotatable bonds is 0. The molecule has 2 N–H and O–H groups in total. The molecule has 0 saturated carbocycles. The molecule has 0 unspecified atom stereocenters. The zero-order chi connectivity index (χ0) is 22.3. The Kier molecular flexibility index (Phi) is 3.91. The van der Waals surface area contributed by atoms with Crippen molar-refractivity contribution < 1.29 is 0 Å². The van der Waals surface area contributed by atoms with E-state index in [0.29, 0.717) is 26.8 Å². The lowest BCUT2D eigenvalue weighted by Gasteiger charge is -2.14. The molecule has 0 bridgehead atoms. The predicted molar refractivity (Wildman–Crippen MR) is 131 cm³/mol. The van der Waals surface area contributed by atoms with Crippen molar-refractivity contribution in [1.29, 1.82) is 10.8 Å². The molecule has 0 spiro atoms. The van der Waals surface area contributed by atoms with Crippen LogP contribution in [0.1, 0.15) is 0 Å². The van der Waals surface area contributed by atoms with Gasteiger partial charge in [0.05, 0.1) is 15.9 Å². The molecule has 9 heteroatoms. The van der Waals surface area contributed by atoms with Crippen molar-refractivity contribution in [3.05, 3.63) is 82.7 Å². The van der Waals surface area contributed by atoms with Gasteiger partial charge in [0.15, 0.2) is 10.6 Å². The van der Waals surface area contributed by atoms with Gasteiger partial charge in [0.25, 0.3) is 0 Å². The summed E-state index contributed by atoms with van der Waals surface area (Å²) in [5.41, 5.74) is 3.45. The normalized spacial score (nSPS) is 12.5. The first-order valence-corrected chi connectivity index (χ1v) is 12.1. The van der Waals surface area contributed by atoms with Crippen LogP contribution < -0.4 is 11.0 Å². The van der Waals surface area contributed by atoms with Crippen LogP contribution in [0.15, 0.2) is 76.5 Å². The second-order valence-electron chi connectivity index (χ2n) is 7.68. The lowest BCUT2D eigenvalue weighted by atomic mass is 10.2. The Morgan fingerprint density at radius 1 is 0.848 bits per heavy atom. The van der Waals surface area contributed by atoms with Crippen LogP contribution in [0.4, 0.5) is 0 Å². The molecular formula is C24H13ClN6S2. The predicted octanol–water partition coefficient (Wildman–Crippen LogP) is 5.63. The maximum Gasteiger partial charge on any atom is 0.198 e. The van der Waals surface area contributed by atoms with Crippen molar-refractivity contribution in [1.82, 2.24) is 18.9 Å². The number of fused-ring (bicyclic) bond motifs is 9. The van der Waals surface area contributed by atoms with Crippen LogP contribution >= 0.6 is 34.7 Å². The molecule has 0 amide bonds. The average molecular weight is 485 g/mol. The van der Waals surface area contributed by atoms with E-state index in [4.69, 9.17) is 27.0 Å². The minimum absolute atomic E-state index is 0.194. The smallest absolute Gasteiger partial charge is 0.198 e. The summed E-state index contributed by atoms with van der Waals surface area (Å²) in [4.78, 5) is 12.5. The van der Waals surface area contributed by atoms with Crippen molar-refractivity contribution in [2.24, 2.45) is 0 Å². The lowest BCUT2D eigenvalue weighted by molar-refractivity contribution is 0.889. The van der Waals surface area contributed by atoms with Crippen molar-refractivity contribution in [2.45, 2.75) is 9.79 Å². The van der Waals surface area contributed by atoms with Gasteiger partial charge in [-0.3, -0.25) is 19.8 Å². The molecular weight excluding hydrogens is 472 g/mol. The number of benzene rings is 3. The molecule has 6 nitrogen and oxygen atoms in total. The van der Waals surface area contributed by atoms with E-state index in [9.17, 15) is 5.41 Å². The third kappa shape index (κ3) is 2.62. The fourth-order valence-corrected chi connectivity index (χ4v) is 6.68. The second-order valence-corrected chi connectivity index (χ2v) is 10.2. The molecule has 0 fully saturated rings. The highest BCUT2D eigenvalue weighted by atomic mass is 35.5. The zero-order valence-corrected chi connectivity index (χ0v) is 19.2. The topological polar surface area (TPSA) is 82.8 Å². The fourth-order valence-electron chi connectivity index (χ4n) is 4.32. The number of hydrogen-bond acceptors (Lipinski definition) is 6. The summed E-state index contributed by atoms with van der Waals surface area (Å²) in [5.74, 6) is 0.654. The van der Waals surface area contributed by atoms with Crippen molar-refractivity contribution in [2.75, 3.05) is 0 Å². The number of hydrogen-bond donors (Lipinski definition) is 2. The number of halogens is 1. The highest BCUT2D eigenvalue weighted by Gasteiger charge is 2.23. The first-order chi connectivity index (χ1) is 16.1. The Morgan fingerprint density at radius 3 is 2.52 bits per heavy atom. The monoisotopic (exact) mass is 484 g/mol. The fraction of sp³-hybridized carbons (Fsp3) is 0. The molecule has 1 aliphatic rings. The number of para-hydroxylation sites is 1. The minimum atomic E-state index is 0.194. The Hall–Kier alpha value is -3.46. The second kappa shape index (κ2) is 6.77. The summed E-state index contributed by atoms with van der Waals surface area (Å²) < 4.78 is 4.55. The Labute approximate surface area is 199 Å². The van der Waals surface area contributed by atoms with Crippen molar-refractivity contribution in [3.8, 4) is 17.1 Å². The first-order valence-electron chi connectivity index (χ1n) is 10.1. The lowest BCUT2D eigenvalue weighted by Crippen LogP contribution is -2.29. The van der Waals surface area contributed by atoms with Gasteiger partial charge in [0.2, 0.25) is 0 Å². The first kappa shape index (κ1) is 19.0. The molecule has 0 atom stereocenters. The quantitative estimate of drug-likeness (QED) is 0.292. The molecule has 0 saturated heterocycles. The SMILES string of the molecule is N=c1c2c(=N)n3c(nc2nc2n1-c1ccccc1Sc1ccccc1-2)sc1cc(Cl)ccc13. The van der Waals surface area contributed by atoms with E-state index in [1.54, 1.807) is 16.2 Å². The van der Waals surface area contributed by atoms with Crippen molar-refractivity contribution >= 4 is 60.9 Å². The number of aromatic nitrogens is 4. The molecule has 3 aromatic carbocycles. The maximum absolute atomic E-state index is 9.22. The van der Waals surface area contributed by atoms with Crippen LogP contribution in [-0.2, 0) is 0 Å². The van der Waals surface area contributed by atoms with Gasteiger partial charge in [0.1, 0.15) is 22.2 Å². The van der Waals surface area contributed by atoms with Crippen LogP contribution in [0, 0.1) is 10.8 Å². The van der Waals surface area contributed by atoms with E-state index >= 15 is 0 Å². The third-order valence-corrected chi connectivity index (χ3v) is 8.16. The van der Waals surface area contributed by atoms with E-state index in [0.717, 1.165) is 31.3 Å². The van der Waals surface area contributed by atoms with Gasteiger partial charge >= 0.3 is 0 Å². The molecule has 7 rings (SSSR count). The molecule has 33 heavy (non-hydrogen) atoms. The van der Waals surface area contributed by atoms with Gasteiger partial charge in [-0.25, -0.2) is 4.98 Å². The molecule has 4 heterocycles. The summed E-state index contributed by atoms with van der Waals surface area (Å²) >= 11 is 9.32. The number of nitrogens with one attached hydrogen (secondary N) is 2. The highest BCUT2D eigenvalue weighted by molar-refractivity contribution is 7.99. The number of nitrogens with zero attached hydrogens (tertiary/aromatic N) is 4. The van der Waals surface area contributed by atoms with Crippen LogP contribution in [-0.4, -0.2) is 18.9 Å². The summed E-state index contributed by atoms with van der Waals surface area (Å²) in [6.07, 6.45) is 0. The van der Waals surface area contributed by atoms with E-state index < -0.39 is 0 Å². The Morgan fingerprint density at radius 2 is 1.64 bits per heavy atom. The van der Waals surface area contributed by atoms with Crippen LogP contribution in [0.3, 0.4) is 0 Å². The highest BCUT2D eigenvalue weighted by Crippen LogP contribution is 2.41. The third-order valence-electron chi connectivity index (χ3n) is 5.78. The Bertz CT molecular complexity index is 1920. The van der Waals surface area contributed by atoms with Crippen LogP contribution in [0.2, 0.25) is 5.02 Å².